The number of hydrogen-bond acceptors (Lipinski definition) is 2. The maximum absolute atomic E-state index is 5.79. The molecule has 0 aromatic heterocycles. The molecule has 0 amide bonds. The van der Waals surface area contributed by atoms with E-state index >= 15 is 0 Å². The summed E-state index contributed by atoms with van der Waals surface area (Å²) in [6.45, 7) is 3.91. The zero-order chi connectivity index (χ0) is 11.9. The molecule has 0 saturated carbocycles. The van der Waals surface area contributed by atoms with Crippen LogP contribution in [0.5, 0.6) is 0 Å². The topological polar surface area (TPSA) is 18.5 Å². The summed E-state index contributed by atoms with van der Waals surface area (Å²) >= 11 is 0. The molecule has 0 spiro atoms. The summed E-state index contributed by atoms with van der Waals surface area (Å²) in [5.41, 5.74) is 1.12. The minimum Gasteiger partial charge on any atom is -0.348 e. The summed E-state index contributed by atoms with van der Waals surface area (Å²) in [5.74, 6) is 0.585. The van der Waals surface area contributed by atoms with E-state index in [4.69, 9.17) is 9.47 Å². The first-order valence-corrected chi connectivity index (χ1v) is 6.68. The molecule has 0 unspecified atom stereocenters. The number of hydrogen-bond donors (Lipinski definition) is 0. The van der Waals surface area contributed by atoms with Gasteiger partial charge in [0.05, 0.1) is 13.2 Å². The van der Waals surface area contributed by atoms with Gasteiger partial charge in [-0.1, -0.05) is 56.5 Å². The number of ether oxygens (including phenoxy) is 2. The monoisotopic (exact) mass is 234 g/mol. The molecule has 94 valence electrons. The molecule has 0 radical (unpaired) electrons. The lowest BCUT2D eigenvalue weighted by Crippen LogP contribution is -2.27. The van der Waals surface area contributed by atoms with E-state index in [1.807, 2.05) is 18.2 Å². The molecule has 1 saturated heterocycles. The smallest absolute Gasteiger partial charge is 0.183 e. The minimum atomic E-state index is -0.154. The third-order valence-corrected chi connectivity index (χ3v) is 3.25. The Hall–Kier alpha value is -0.860. The molecule has 0 N–H and O–H groups in total. The van der Waals surface area contributed by atoms with Gasteiger partial charge in [-0.25, -0.2) is 0 Å². The summed E-state index contributed by atoms with van der Waals surface area (Å²) in [7, 11) is 0. The molecule has 1 aromatic carbocycles. The van der Waals surface area contributed by atoms with Crippen molar-refractivity contribution in [1.82, 2.24) is 0 Å². The second kappa shape index (κ2) is 6.77. The number of rotatable bonds is 5. The van der Waals surface area contributed by atoms with Gasteiger partial charge in [-0.15, -0.1) is 0 Å². The highest BCUT2D eigenvalue weighted by molar-refractivity contribution is 5.16. The predicted molar refractivity (Wildman–Crippen MR) is 68.7 cm³/mol. The first kappa shape index (κ1) is 12.6. The highest BCUT2D eigenvalue weighted by Crippen LogP contribution is 2.26. The van der Waals surface area contributed by atoms with Crippen molar-refractivity contribution in [2.45, 2.75) is 38.9 Å². The zero-order valence-electron chi connectivity index (χ0n) is 10.6. The van der Waals surface area contributed by atoms with Crippen LogP contribution in [0.3, 0.4) is 0 Å². The van der Waals surface area contributed by atoms with Gasteiger partial charge >= 0.3 is 0 Å². The molecular weight excluding hydrogens is 212 g/mol. The van der Waals surface area contributed by atoms with Gasteiger partial charge in [0.25, 0.3) is 0 Å². The SMILES string of the molecule is CCCCCC1COC(c2ccccc2)OC1. The van der Waals surface area contributed by atoms with Gasteiger partial charge in [-0.05, 0) is 6.42 Å². The van der Waals surface area contributed by atoms with Gasteiger partial charge in [0, 0.05) is 11.5 Å². The fourth-order valence-electron chi connectivity index (χ4n) is 2.20. The lowest BCUT2D eigenvalue weighted by molar-refractivity contribution is -0.206. The third-order valence-electron chi connectivity index (χ3n) is 3.25. The van der Waals surface area contributed by atoms with Crippen LogP contribution < -0.4 is 0 Å². The Morgan fingerprint density at radius 1 is 1.06 bits per heavy atom. The molecule has 1 aliphatic heterocycles. The van der Waals surface area contributed by atoms with Crippen LogP contribution in [-0.2, 0) is 9.47 Å². The van der Waals surface area contributed by atoms with Crippen LogP contribution >= 0.6 is 0 Å². The van der Waals surface area contributed by atoms with Crippen molar-refractivity contribution in [3.05, 3.63) is 35.9 Å². The summed E-state index contributed by atoms with van der Waals surface area (Å²) in [6, 6.07) is 10.2. The molecule has 0 atom stereocenters. The van der Waals surface area contributed by atoms with Crippen molar-refractivity contribution in [2.75, 3.05) is 13.2 Å². The Labute approximate surface area is 104 Å². The van der Waals surface area contributed by atoms with Crippen molar-refractivity contribution >= 4 is 0 Å². The van der Waals surface area contributed by atoms with Gasteiger partial charge in [-0.2, -0.15) is 0 Å². The Balaban J connectivity index is 1.74. The van der Waals surface area contributed by atoms with Crippen LogP contribution in [0.4, 0.5) is 0 Å². The van der Waals surface area contributed by atoms with Crippen molar-refractivity contribution in [3.8, 4) is 0 Å². The van der Waals surface area contributed by atoms with E-state index in [0.29, 0.717) is 5.92 Å². The van der Waals surface area contributed by atoms with E-state index in [1.165, 1.54) is 25.7 Å². The van der Waals surface area contributed by atoms with E-state index in [-0.39, 0.29) is 6.29 Å². The quantitative estimate of drug-likeness (QED) is 0.719. The first-order valence-electron chi connectivity index (χ1n) is 6.68. The molecule has 1 aromatic rings. The Morgan fingerprint density at radius 3 is 2.41 bits per heavy atom. The summed E-state index contributed by atoms with van der Waals surface area (Å²) in [5, 5.41) is 0. The van der Waals surface area contributed by atoms with Crippen molar-refractivity contribution in [1.29, 1.82) is 0 Å². The molecule has 2 nitrogen and oxygen atoms in total. The summed E-state index contributed by atoms with van der Waals surface area (Å²) < 4.78 is 11.6. The van der Waals surface area contributed by atoms with Crippen LogP contribution in [-0.4, -0.2) is 13.2 Å². The van der Waals surface area contributed by atoms with Crippen LogP contribution in [0.25, 0.3) is 0 Å². The van der Waals surface area contributed by atoms with E-state index in [0.717, 1.165) is 18.8 Å². The molecule has 0 bridgehead atoms. The zero-order valence-corrected chi connectivity index (χ0v) is 10.6. The van der Waals surface area contributed by atoms with Crippen LogP contribution in [0.1, 0.15) is 44.5 Å². The fourth-order valence-corrected chi connectivity index (χ4v) is 2.20. The van der Waals surface area contributed by atoms with E-state index < -0.39 is 0 Å². The highest BCUT2D eigenvalue weighted by Gasteiger charge is 2.22. The largest absolute Gasteiger partial charge is 0.348 e. The molecular formula is C15H22O2. The normalized spacial score (nSPS) is 24.8. The van der Waals surface area contributed by atoms with Crippen LogP contribution in [0, 0.1) is 5.92 Å². The van der Waals surface area contributed by atoms with Gasteiger partial charge < -0.3 is 9.47 Å². The summed E-state index contributed by atoms with van der Waals surface area (Å²) in [4.78, 5) is 0. The number of benzene rings is 1. The Bertz CT molecular complexity index is 302. The van der Waals surface area contributed by atoms with Gasteiger partial charge in [0.15, 0.2) is 6.29 Å². The molecule has 1 fully saturated rings. The lowest BCUT2D eigenvalue weighted by atomic mass is 10.0. The maximum Gasteiger partial charge on any atom is 0.183 e. The van der Waals surface area contributed by atoms with E-state index in [9.17, 15) is 0 Å². The van der Waals surface area contributed by atoms with E-state index in [2.05, 4.69) is 19.1 Å². The Kier molecular flexibility index (Phi) is 5.02. The second-order valence-corrected chi connectivity index (χ2v) is 4.77. The molecule has 2 rings (SSSR count). The molecule has 1 aliphatic rings. The van der Waals surface area contributed by atoms with Crippen molar-refractivity contribution in [3.63, 3.8) is 0 Å². The third kappa shape index (κ3) is 3.83. The first-order chi connectivity index (χ1) is 8.40. The van der Waals surface area contributed by atoms with Crippen molar-refractivity contribution < 1.29 is 9.47 Å². The van der Waals surface area contributed by atoms with Crippen molar-refractivity contribution in [2.24, 2.45) is 5.92 Å². The average molecular weight is 234 g/mol. The van der Waals surface area contributed by atoms with Crippen LogP contribution in [0.2, 0.25) is 0 Å². The van der Waals surface area contributed by atoms with E-state index in [1.54, 1.807) is 0 Å². The predicted octanol–water partition coefficient (Wildman–Crippen LogP) is 3.93. The van der Waals surface area contributed by atoms with Gasteiger partial charge in [0.1, 0.15) is 0 Å². The molecule has 0 aliphatic carbocycles. The van der Waals surface area contributed by atoms with Gasteiger partial charge in [-0.3, -0.25) is 0 Å². The van der Waals surface area contributed by atoms with Gasteiger partial charge in [0.2, 0.25) is 0 Å². The number of unbranched alkanes of at least 4 members (excludes halogenated alkanes) is 2. The minimum absolute atomic E-state index is 0.154. The summed E-state index contributed by atoms with van der Waals surface area (Å²) in [6.07, 6.45) is 4.97. The fraction of sp³-hybridized carbons (Fsp3) is 0.600. The maximum atomic E-state index is 5.79. The average Bonchev–Trinajstić information content (AvgIpc) is 2.41. The standard InChI is InChI=1S/C15H22O2/c1-2-3-5-8-13-11-16-15(17-12-13)14-9-6-4-7-10-14/h4,6-7,9-10,13,15H,2-3,5,8,11-12H2,1H3. The molecule has 2 heteroatoms. The molecule has 1 heterocycles. The lowest BCUT2D eigenvalue weighted by Gasteiger charge is -2.29. The molecule has 17 heavy (non-hydrogen) atoms. The highest BCUT2D eigenvalue weighted by atomic mass is 16.7. The second-order valence-electron chi connectivity index (χ2n) is 4.77. The Morgan fingerprint density at radius 2 is 1.76 bits per heavy atom. The van der Waals surface area contributed by atoms with Crippen LogP contribution in [0.15, 0.2) is 30.3 Å².